The first-order valence-electron chi connectivity index (χ1n) is 3.74. The lowest BCUT2D eigenvalue weighted by Crippen LogP contribution is -2.59. The molecule has 0 aromatic carbocycles. The Bertz CT molecular complexity index is 149. The number of hydrogen-bond acceptors (Lipinski definition) is 4. The van der Waals surface area contributed by atoms with Gasteiger partial charge < -0.3 is 20.7 Å². The molecule has 0 radical (unpaired) electrons. The van der Waals surface area contributed by atoms with E-state index in [0.29, 0.717) is 0 Å². The van der Waals surface area contributed by atoms with Crippen molar-refractivity contribution in [3.63, 3.8) is 0 Å². The van der Waals surface area contributed by atoms with Crippen LogP contribution in [-0.4, -0.2) is 34.2 Å². The fraction of sp³-hybridized carbons (Fsp3) is 1.00. The number of aliphatic hydroxyl groups is 2. The average molecular weight is 161 g/mol. The molecular weight excluding hydrogens is 146 g/mol. The van der Waals surface area contributed by atoms with E-state index >= 15 is 0 Å². The Hall–Kier alpha value is -0.160. The van der Waals surface area contributed by atoms with Crippen LogP contribution < -0.4 is 5.73 Å². The maximum atomic E-state index is 9.46. The Balaban J connectivity index is 2.67. The van der Waals surface area contributed by atoms with E-state index in [0.717, 1.165) is 0 Å². The van der Waals surface area contributed by atoms with E-state index in [1.54, 1.807) is 13.8 Å². The van der Waals surface area contributed by atoms with Crippen molar-refractivity contribution in [2.45, 2.75) is 44.3 Å². The molecule has 4 heteroatoms. The van der Waals surface area contributed by atoms with Gasteiger partial charge in [0.25, 0.3) is 0 Å². The second-order valence-electron chi connectivity index (χ2n) is 3.45. The summed E-state index contributed by atoms with van der Waals surface area (Å²) in [5.41, 5.74) is 4.97. The van der Waals surface area contributed by atoms with Crippen LogP contribution in [0.1, 0.15) is 20.3 Å². The summed E-state index contributed by atoms with van der Waals surface area (Å²) in [5.74, 6) is 0. The summed E-state index contributed by atoms with van der Waals surface area (Å²) in [7, 11) is 0. The molecule has 0 saturated carbocycles. The van der Waals surface area contributed by atoms with Crippen LogP contribution in [0.4, 0.5) is 0 Å². The van der Waals surface area contributed by atoms with Crippen LogP contribution in [0.15, 0.2) is 0 Å². The Morgan fingerprint density at radius 3 is 2.55 bits per heavy atom. The topological polar surface area (TPSA) is 75.7 Å². The van der Waals surface area contributed by atoms with E-state index in [1.165, 1.54) is 0 Å². The van der Waals surface area contributed by atoms with Gasteiger partial charge in [0.1, 0.15) is 0 Å². The molecule has 0 aromatic heterocycles. The Morgan fingerprint density at radius 1 is 1.55 bits per heavy atom. The molecule has 1 rings (SSSR count). The number of ether oxygens (including phenoxy) is 1. The van der Waals surface area contributed by atoms with Crippen molar-refractivity contribution < 1.29 is 14.9 Å². The minimum absolute atomic E-state index is 0.276. The maximum Gasteiger partial charge on any atom is 0.156 e. The maximum absolute atomic E-state index is 9.46. The predicted octanol–water partition coefficient (Wildman–Crippen LogP) is -0.808. The second-order valence-corrected chi connectivity index (χ2v) is 3.45. The lowest BCUT2D eigenvalue weighted by molar-refractivity contribution is -0.215. The molecule has 4 atom stereocenters. The summed E-state index contributed by atoms with van der Waals surface area (Å²) >= 11 is 0. The molecule has 0 spiro atoms. The zero-order valence-electron chi connectivity index (χ0n) is 6.82. The third-order valence-electron chi connectivity index (χ3n) is 2.11. The van der Waals surface area contributed by atoms with E-state index in [-0.39, 0.29) is 6.42 Å². The second kappa shape index (κ2) is 2.71. The number of hydrogen-bond donors (Lipinski definition) is 3. The van der Waals surface area contributed by atoms with Gasteiger partial charge in [0.2, 0.25) is 0 Å². The van der Waals surface area contributed by atoms with Gasteiger partial charge in [-0.05, 0) is 13.8 Å². The first-order chi connectivity index (χ1) is 4.93. The molecule has 1 aliphatic rings. The van der Waals surface area contributed by atoms with E-state index in [4.69, 9.17) is 15.6 Å². The van der Waals surface area contributed by atoms with Gasteiger partial charge in [0.15, 0.2) is 6.29 Å². The Kier molecular flexibility index (Phi) is 2.20. The van der Waals surface area contributed by atoms with Crippen LogP contribution in [0.25, 0.3) is 0 Å². The zero-order chi connectivity index (χ0) is 8.65. The molecular formula is C7H15NO3. The van der Waals surface area contributed by atoms with Crippen molar-refractivity contribution in [1.82, 2.24) is 0 Å². The normalized spacial score (nSPS) is 52.6. The third-order valence-corrected chi connectivity index (χ3v) is 2.11. The number of nitrogens with two attached hydrogens (primary N) is 1. The van der Waals surface area contributed by atoms with Gasteiger partial charge in [-0.1, -0.05) is 0 Å². The fourth-order valence-corrected chi connectivity index (χ4v) is 1.40. The van der Waals surface area contributed by atoms with Crippen LogP contribution in [-0.2, 0) is 4.74 Å². The SMILES string of the molecule is C[C@H]1OC(O)C[C@@](C)(N)[C@@H]1O. The fourth-order valence-electron chi connectivity index (χ4n) is 1.40. The lowest BCUT2D eigenvalue weighted by atomic mass is 9.86. The lowest BCUT2D eigenvalue weighted by Gasteiger charge is -2.41. The molecule has 0 amide bonds. The summed E-state index contributed by atoms with van der Waals surface area (Å²) in [6.45, 7) is 3.40. The van der Waals surface area contributed by atoms with Gasteiger partial charge in [-0.2, -0.15) is 0 Å². The summed E-state index contributed by atoms with van der Waals surface area (Å²) in [6.07, 6.45) is -1.67. The number of aliphatic hydroxyl groups excluding tert-OH is 2. The molecule has 1 aliphatic heterocycles. The van der Waals surface area contributed by atoms with E-state index in [2.05, 4.69) is 0 Å². The molecule has 4 N–H and O–H groups in total. The molecule has 0 aromatic rings. The quantitative estimate of drug-likeness (QED) is 0.434. The molecule has 1 heterocycles. The minimum atomic E-state index is -0.844. The van der Waals surface area contributed by atoms with Crippen LogP contribution in [0.5, 0.6) is 0 Å². The van der Waals surface area contributed by atoms with Crippen LogP contribution >= 0.6 is 0 Å². The summed E-state index contributed by atoms with van der Waals surface area (Å²) in [4.78, 5) is 0. The molecule has 1 fully saturated rings. The van der Waals surface area contributed by atoms with Gasteiger partial charge in [-0.15, -0.1) is 0 Å². The minimum Gasteiger partial charge on any atom is -0.389 e. The first-order valence-corrected chi connectivity index (χ1v) is 3.74. The highest BCUT2D eigenvalue weighted by molar-refractivity contribution is 4.94. The molecule has 0 bridgehead atoms. The van der Waals surface area contributed by atoms with Crippen LogP contribution in [0.3, 0.4) is 0 Å². The van der Waals surface area contributed by atoms with Gasteiger partial charge in [0, 0.05) is 12.0 Å². The predicted molar refractivity (Wildman–Crippen MR) is 39.8 cm³/mol. The molecule has 1 unspecified atom stereocenters. The van der Waals surface area contributed by atoms with Gasteiger partial charge >= 0.3 is 0 Å². The zero-order valence-corrected chi connectivity index (χ0v) is 6.82. The van der Waals surface area contributed by atoms with Crippen LogP contribution in [0, 0.1) is 0 Å². The van der Waals surface area contributed by atoms with Crippen molar-refractivity contribution in [1.29, 1.82) is 0 Å². The van der Waals surface area contributed by atoms with E-state index < -0.39 is 24.0 Å². The van der Waals surface area contributed by atoms with Crippen molar-refractivity contribution in [2.75, 3.05) is 0 Å². The third kappa shape index (κ3) is 1.70. The highest BCUT2D eigenvalue weighted by Crippen LogP contribution is 2.25. The molecule has 4 nitrogen and oxygen atoms in total. The highest BCUT2D eigenvalue weighted by atomic mass is 16.6. The molecule has 1 saturated heterocycles. The molecule has 66 valence electrons. The van der Waals surface area contributed by atoms with Crippen molar-refractivity contribution in [2.24, 2.45) is 5.73 Å². The van der Waals surface area contributed by atoms with Gasteiger partial charge in [-0.3, -0.25) is 0 Å². The van der Waals surface area contributed by atoms with Crippen molar-refractivity contribution >= 4 is 0 Å². The van der Waals surface area contributed by atoms with Crippen molar-refractivity contribution in [3.05, 3.63) is 0 Å². The Morgan fingerprint density at radius 2 is 2.09 bits per heavy atom. The van der Waals surface area contributed by atoms with Gasteiger partial charge in [-0.25, -0.2) is 0 Å². The van der Waals surface area contributed by atoms with E-state index in [1.807, 2.05) is 0 Å². The largest absolute Gasteiger partial charge is 0.389 e. The number of rotatable bonds is 0. The average Bonchev–Trinajstić information content (AvgIpc) is 1.81. The summed E-state index contributed by atoms with van der Waals surface area (Å²) in [6, 6.07) is 0. The van der Waals surface area contributed by atoms with Crippen LogP contribution in [0.2, 0.25) is 0 Å². The van der Waals surface area contributed by atoms with Crippen molar-refractivity contribution in [3.8, 4) is 0 Å². The smallest absolute Gasteiger partial charge is 0.156 e. The highest BCUT2D eigenvalue weighted by Gasteiger charge is 2.40. The van der Waals surface area contributed by atoms with Gasteiger partial charge in [0.05, 0.1) is 12.2 Å². The summed E-state index contributed by atoms with van der Waals surface area (Å²) < 4.78 is 4.96. The standard InChI is InChI=1S/C7H15NO3/c1-4-6(10)7(2,8)3-5(9)11-4/h4-6,9-10H,3,8H2,1-2H3/t4-,5?,6-,7-/m1/s1. The van der Waals surface area contributed by atoms with E-state index in [9.17, 15) is 5.11 Å². The first kappa shape index (κ1) is 8.93. The monoisotopic (exact) mass is 161 g/mol. The summed E-state index contributed by atoms with van der Waals surface area (Å²) in [5, 5.41) is 18.6. The molecule has 0 aliphatic carbocycles. The Labute approximate surface area is 66.0 Å². The molecule has 11 heavy (non-hydrogen) atoms.